The normalized spacial score (nSPS) is 12.1. The van der Waals surface area contributed by atoms with Crippen LogP contribution in [0.4, 0.5) is 0 Å². The zero-order valence-electron chi connectivity index (χ0n) is 11.3. The van der Waals surface area contributed by atoms with Crippen LogP contribution in [0.15, 0.2) is 0 Å². The second-order valence-electron chi connectivity index (χ2n) is 4.67. The van der Waals surface area contributed by atoms with Gasteiger partial charge in [0.15, 0.2) is 0 Å². The molecule has 7 heteroatoms. The highest BCUT2D eigenvalue weighted by molar-refractivity contribution is 7.89. The average molecular weight is 299 g/mol. The van der Waals surface area contributed by atoms with E-state index in [0.29, 0.717) is 31.2 Å². The summed E-state index contributed by atoms with van der Waals surface area (Å²) in [6.45, 7) is 4.38. The standard InChI is InChI=1S/C11H23ClN2O3S/c1-10(2)8-13-11(15)9-14(3)18(16,17)7-5-4-6-12/h10H,4-9H2,1-3H3,(H,13,15). The monoisotopic (exact) mass is 298 g/mol. The fourth-order valence-electron chi connectivity index (χ4n) is 1.21. The van der Waals surface area contributed by atoms with E-state index in [9.17, 15) is 13.2 Å². The first kappa shape index (κ1) is 17.7. The molecule has 0 aliphatic heterocycles. The maximum atomic E-state index is 11.8. The summed E-state index contributed by atoms with van der Waals surface area (Å²) in [6.07, 6.45) is 1.18. The van der Waals surface area contributed by atoms with Crippen molar-refractivity contribution in [3.05, 3.63) is 0 Å². The SMILES string of the molecule is CC(C)CNC(=O)CN(C)S(=O)(=O)CCCCCl. The van der Waals surface area contributed by atoms with Crippen molar-refractivity contribution in [2.24, 2.45) is 5.92 Å². The van der Waals surface area contributed by atoms with Gasteiger partial charge in [-0.1, -0.05) is 13.8 Å². The molecule has 18 heavy (non-hydrogen) atoms. The quantitative estimate of drug-likeness (QED) is 0.511. The lowest BCUT2D eigenvalue weighted by atomic mass is 10.2. The molecule has 0 heterocycles. The smallest absolute Gasteiger partial charge is 0.235 e. The molecule has 1 N–H and O–H groups in total. The second kappa shape index (κ2) is 8.72. The summed E-state index contributed by atoms with van der Waals surface area (Å²) in [4.78, 5) is 11.5. The summed E-state index contributed by atoms with van der Waals surface area (Å²) in [5.74, 6) is 0.564. The van der Waals surface area contributed by atoms with Crippen LogP contribution in [-0.2, 0) is 14.8 Å². The number of halogens is 1. The first-order chi connectivity index (χ1) is 8.29. The average Bonchev–Trinajstić information content (AvgIpc) is 2.26. The molecule has 0 aliphatic rings. The van der Waals surface area contributed by atoms with Crippen molar-refractivity contribution in [2.45, 2.75) is 26.7 Å². The highest BCUT2D eigenvalue weighted by Crippen LogP contribution is 2.03. The molecular weight excluding hydrogens is 276 g/mol. The van der Waals surface area contributed by atoms with Crippen LogP contribution in [0, 0.1) is 5.92 Å². The van der Waals surface area contributed by atoms with Gasteiger partial charge in [-0.15, -0.1) is 11.6 Å². The van der Waals surface area contributed by atoms with E-state index in [2.05, 4.69) is 5.32 Å². The number of hydrogen-bond acceptors (Lipinski definition) is 3. The Kier molecular flexibility index (Phi) is 8.56. The van der Waals surface area contributed by atoms with Gasteiger partial charge < -0.3 is 5.32 Å². The van der Waals surface area contributed by atoms with Crippen LogP contribution < -0.4 is 5.32 Å². The van der Waals surface area contributed by atoms with Gasteiger partial charge in [0.25, 0.3) is 0 Å². The van der Waals surface area contributed by atoms with Gasteiger partial charge >= 0.3 is 0 Å². The van der Waals surface area contributed by atoms with Gasteiger partial charge in [-0.2, -0.15) is 4.31 Å². The Labute approximate surface area is 115 Å². The van der Waals surface area contributed by atoms with Gasteiger partial charge in [-0.25, -0.2) is 8.42 Å². The number of amides is 1. The van der Waals surface area contributed by atoms with Gasteiger partial charge in [-0.05, 0) is 18.8 Å². The predicted molar refractivity (Wildman–Crippen MR) is 74.2 cm³/mol. The Morgan fingerprint density at radius 3 is 2.44 bits per heavy atom. The fraction of sp³-hybridized carbons (Fsp3) is 0.909. The summed E-state index contributed by atoms with van der Waals surface area (Å²) in [5.41, 5.74) is 0. The minimum atomic E-state index is -3.35. The Morgan fingerprint density at radius 2 is 1.94 bits per heavy atom. The highest BCUT2D eigenvalue weighted by atomic mass is 35.5. The summed E-state index contributed by atoms with van der Waals surface area (Å²) in [5, 5.41) is 2.69. The fourth-order valence-corrected chi connectivity index (χ4v) is 2.59. The van der Waals surface area contributed by atoms with Gasteiger partial charge in [0.2, 0.25) is 15.9 Å². The van der Waals surface area contributed by atoms with E-state index in [4.69, 9.17) is 11.6 Å². The Balaban J connectivity index is 4.13. The van der Waals surface area contributed by atoms with Crippen molar-refractivity contribution in [3.63, 3.8) is 0 Å². The first-order valence-corrected chi connectivity index (χ1v) is 8.20. The summed E-state index contributed by atoms with van der Waals surface area (Å²) in [7, 11) is -1.93. The maximum Gasteiger partial charge on any atom is 0.235 e. The number of rotatable bonds is 9. The molecule has 0 bridgehead atoms. The van der Waals surface area contributed by atoms with Crippen molar-refractivity contribution in [2.75, 3.05) is 31.8 Å². The van der Waals surface area contributed by atoms with Crippen molar-refractivity contribution >= 4 is 27.5 Å². The van der Waals surface area contributed by atoms with Crippen molar-refractivity contribution in [1.29, 1.82) is 0 Å². The lowest BCUT2D eigenvalue weighted by Gasteiger charge is -2.17. The number of nitrogens with zero attached hydrogens (tertiary/aromatic N) is 1. The molecule has 0 atom stereocenters. The molecule has 0 aromatic rings. The predicted octanol–water partition coefficient (Wildman–Crippen LogP) is 1.04. The lowest BCUT2D eigenvalue weighted by Crippen LogP contribution is -2.40. The summed E-state index contributed by atoms with van der Waals surface area (Å²) in [6, 6.07) is 0. The molecule has 0 rings (SSSR count). The Hall–Kier alpha value is -0.330. The zero-order chi connectivity index (χ0) is 14.2. The van der Waals surface area contributed by atoms with E-state index in [1.54, 1.807) is 0 Å². The molecule has 0 spiro atoms. The highest BCUT2D eigenvalue weighted by Gasteiger charge is 2.19. The third-order valence-electron chi connectivity index (χ3n) is 2.33. The summed E-state index contributed by atoms with van der Waals surface area (Å²) < 4.78 is 24.7. The molecule has 0 fully saturated rings. The first-order valence-electron chi connectivity index (χ1n) is 6.06. The third-order valence-corrected chi connectivity index (χ3v) is 4.49. The largest absolute Gasteiger partial charge is 0.355 e. The molecule has 0 saturated carbocycles. The van der Waals surface area contributed by atoms with Crippen LogP contribution in [0.2, 0.25) is 0 Å². The topological polar surface area (TPSA) is 66.5 Å². The van der Waals surface area contributed by atoms with E-state index < -0.39 is 10.0 Å². The Bertz CT molecular complexity index is 344. The van der Waals surface area contributed by atoms with Crippen molar-refractivity contribution in [1.82, 2.24) is 9.62 Å². The molecule has 0 aromatic heterocycles. The number of hydrogen-bond donors (Lipinski definition) is 1. The van der Waals surface area contributed by atoms with Crippen molar-refractivity contribution < 1.29 is 13.2 Å². The van der Waals surface area contributed by atoms with Gasteiger partial charge in [0, 0.05) is 19.5 Å². The third kappa shape index (κ3) is 7.89. The molecule has 0 aliphatic carbocycles. The Morgan fingerprint density at radius 1 is 1.33 bits per heavy atom. The van der Waals surface area contributed by atoms with E-state index >= 15 is 0 Å². The number of likely N-dealkylation sites (N-methyl/N-ethyl adjacent to an activating group) is 1. The molecule has 1 amide bonds. The maximum absolute atomic E-state index is 11.8. The molecular formula is C11H23ClN2O3S. The number of carbonyl (C=O) groups is 1. The van der Waals surface area contributed by atoms with Crippen molar-refractivity contribution in [3.8, 4) is 0 Å². The molecule has 5 nitrogen and oxygen atoms in total. The van der Waals surface area contributed by atoms with Crippen LogP contribution in [-0.4, -0.2) is 50.4 Å². The van der Waals surface area contributed by atoms with Gasteiger partial charge in [-0.3, -0.25) is 4.79 Å². The van der Waals surface area contributed by atoms with Crippen LogP contribution in [0.5, 0.6) is 0 Å². The molecule has 108 valence electrons. The minimum Gasteiger partial charge on any atom is -0.355 e. The van der Waals surface area contributed by atoms with Crippen LogP contribution in [0.3, 0.4) is 0 Å². The van der Waals surface area contributed by atoms with Crippen LogP contribution in [0.25, 0.3) is 0 Å². The van der Waals surface area contributed by atoms with E-state index in [1.807, 2.05) is 13.8 Å². The van der Waals surface area contributed by atoms with E-state index in [1.165, 1.54) is 7.05 Å². The zero-order valence-corrected chi connectivity index (χ0v) is 12.9. The van der Waals surface area contributed by atoms with Gasteiger partial charge in [0.05, 0.1) is 12.3 Å². The number of carbonyl (C=O) groups excluding carboxylic acids is 1. The second-order valence-corrected chi connectivity index (χ2v) is 7.24. The van der Waals surface area contributed by atoms with E-state index in [0.717, 1.165) is 4.31 Å². The molecule has 0 aromatic carbocycles. The van der Waals surface area contributed by atoms with Gasteiger partial charge in [0.1, 0.15) is 0 Å². The van der Waals surface area contributed by atoms with E-state index in [-0.39, 0.29) is 18.2 Å². The number of unbranched alkanes of at least 4 members (excludes halogenated alkanes) is 1. The molecule has 0 unspecified atom stereocenters. The molecule has 0 saturated heterocycles. The molecule has 0 radical (unpaired) electrons. The summed E-state index contributed by atoms with van der Waals surface area (Å²) >= 11 is 5.49. The number of alkyl halides is 1. The lowest BCUT2D eigenvalue weighted by molar-refractivity contribution is -0.121. The van der Waals surface area contributed by atoms with Crippen LogP contribution in [0.1, 0.15) is 26.7 Å². The number of nitrogens with one attached hydrogen (secondary N) is 1. The van der Waals surface area contributed by atoms with Crippen LogP contribution >= 0.6 is 11.6 Å². The number of sulfonamides is 1. The minimum absolute atomic E-state index is 0.0354.